The third kappa shape index (κ3) is 2.63. The number of methoxy groups -OCH3 is 1. The predicted octanol–water partition coefficient (Wildman–Crippen LogP) is 1.39. The zero-order valence-electron chi connectivity index (χ0n) is 8.13. The van der Waals surface area contributed by atoms with Gasteiger partial charge in [-0.25, -0.2) is 0 Å². The van der Waals surface area contributed by atoms with Crippen molar-refractivity contribution in [3.8, 4) is 5.75 Å². The SMILES string of the molecule is CCNCc1ccc(N)cc1OC. The Balaban J connectivity index is 2.79. The molecule has 0 aromatic heterocycles. The average Bonchev–Trinajstić information content (AvgIpc) is 2.16. The number of hydrogen-bond acceptors (Lipinski definition) is 3. The number of ether oxygens (including phenoxy) is 1. The highest BCUT2D eigenvalue weighted by atomic mass is 16.5. The minimum Gasteiger partial charge on any atom is -0.496 e. The van der Waals surface area contributed by atoms with Crippen molar-refractivity contribution in [2.75, 3.05) is 19.4 Å². The molecule has 0 amide bonds. The first kappa shape index (κ1) is 9.86. The topological polar surface area (TPSA) is 47.3 Å². The Bertz CT molecular complexity index is 274. The van der Waals surface area contributed by atoms with Crippen molar-refractivity contribution in [3.05, 3.63) is 23.8 Å². The van der Waals surface area contributed by atoms with E-state index in [1.807, 2.05) is 18.2 Å². The normalized spacial score (nSPS) is 10.0. The van der Waals surface area contributed by atoms with Gasteiger partial charge in [-0.3, -0.25) is 0 Å². The quantitative estimate of drug-likeness (QED) is 0.688. The summed E-state index contributed by atoms with van der Waals surface area (Å²) >= 11 is 0. The second kappa shape index (κ2) is 4.72. The molecule has 3 N–H and O–H groups in total. The van der Waals surface area contributed by atoms with Crippen LogP contribution < -0.4 is 15.8 Å². The fraction of sp³-hybridized carbons (Fsp3) is 0.400. The highest BCUT2D eigenvalue weighted by molar-refractivity contribution is 5.48. The highest BCUT2D eigenvalue weighted by Crippen LogP contribution is 2.20. The number of nitrogens with two attached hydrogens (primary N) is 1. The van der Waals surface area contributed by atoms with Gasteiger partial charge in [-0.15, -0.1) is 0 Å². The summed E-state index contributed by atoms with van der Waals surface area (Å²) in [5.74, 6) is 0.848. The molecule has 0 aliphatic carbocycles. The van der Waals surface area contributed by atoms with E-state index in [0.717, 1.165) is 30.1 Å². The monoisotopic (exact) mass is 180 g/mol. The maximum atomic E-state index is 5.63. The highest BCUT2D eigenvalue weighted by Gasteiger charge is 2.01. The van der Waals surface area contributed by atoms with Gasteiger partial charge in [-0.1, -0.05) is 13.0 Å². The Kier molecular flexibility index (Phi) is 3.58. The molecule has 0 aliphatic rings. The van der Waals surface area contributed by atoms with Crippen LogP contribution in [0.1, 0.15) is 12.5 Å². The van der Waals surface area contributed by atoms with E-state index < -0.39 is 0 Å². The van der Waals surface area contributed by atoms with Gasteiger partial charge in [0.15, 0.2) is 0 Å². The molecular formula is C10H16N2O. The summed E-state index contributed by atoms with van der Waals surface area (Å²) in [6.45, 7) is 3.84. The molecule has 0 fully saturated rings. The number of nitrogens with one attached hydrogen (secondary N) is 1. The lowest BCUT2D eigenvalue weighted by Crippen LogP contribution is -2.12. The largest absolute Gasteiger partial charge is 0.496 e. The van der Waals surface area contributed by atoms with Crippen molar-refractivity contribution >= 4 is 5.69 Å². The van der Waals surface area contributed by atoms with Gasteiger partial charge in [0.25, 0.3) is 0 Å². The molecule has 3 heteroatoms. The summed E-state index contributed by atoms with van der Waals surface area (Å²) in [5, 5.41) is 3.24. The summed E-state index contributed by atoms with van der Waals surface area (Å²) in [5.41, 5.74) is 7.50. The number of hydrogen-bond donors (Lipinski definition) is 2. The van der Waals surface area contributed by atoms with E-state index >= 15 is 0 Å². The smallest absolute Gasteiger partial charge is 0.125 e. The standard InChI is InChI=1S/C10H16N2O/c1-3-12-7-8-4-5-9(11)6-10(8)13-2/h4-6,12H,3,7,11H2,1-2H3. The number of nitrogen functional groups attached to an aromatic ring is 1. The number of rotatable bonds is 4. The van der Waals surface area contributed by atoms with Crippen LogP contribution in [0.2, 0.25) is 0 Å². The Labute approximate surface area is 78.9 Å². The fourth-order valence-corrected chi connectivity index (χ4v) is 1.17. The first-order valence-corrected chi connectivity index (χ1v) is 4.41. The van der Waals surface area contributed by atoms with Gasteiger partial charge in [0.2, 0.25) is 0 Å². The summed E-state index contributed by atoms with van der Waals surface area (Å²) in [4.78, 5) is 0. The summed E-state index contributed by atoms with van der Waals surface area (Å²) in [7, 11) is 1.66. The minimum atomic E-state index is 0.733. The molecule has 0 atom stereocenters. The van der Waals surface area contributed by atoms with E-state index in [1.54, 1.807) is 7.11 Å². The van der Waals surface area contributed by atoms with E-state index in [-0.39, 0.29) is 0 Å². The van der Waals surface area contributed by atoms with Crippen LogP contribution in [0.15, 0.2) is 18.2 Å². The molecular weight excluding hydrogens is 164 g/mol. The Hall–Kier alpha value is -1.22. The molecule has 72 valence electrons. The van der Waals surface area contributed by atoms with Crippen LogP contribution in [-0.4, -0.2) is 13.7 Å². The van der Waals surface area contributed by atoms with Gasteiger partial charge in [-0.2, -0.15) is 0 Å². The molecule has 0 saturated carbocycles. The van der Waals surface area contributed by atoms with Crippen LogP contribution in [0.3, 0.4) is 0 Å². The first-order chi connectivity index (χ1) is 6.27. The minimum absolute atomic E-state index is 0.733. The van der Waals surface area contributed by atoms with Crippen molar-refractivity contribution in [1.29, 1.82) is 0 Å². The molecule has 0 unspecified atom stereocenters. The van der Waals surface area contributed by atoms with Crippen LogP contribution in [-0.2, 0) is 6.54 Å². The number of anilines is 1. The van der Waals surface area contributed by atoms with E-state index in [4.69, 9.17) is 10.5 Å². The predicted molar refractivity (Wildman–Crippen MR) is 54.8 cm³/mol. The molecule has 1 aromatic rings. The van der Waals surface area contributed by atoms with Crippen LogP contribution in [0, 0.1) is 0 Å². The van der Waals surface area contributed by atoms with Crippen molar-refractivity contribution in [2.45, 2.75) is 13.5 Å². The average molecular weight is 180 g/mol. The Morgan fingerprint density at radius 2 is 2.23 bits per heavy atom. The van der Waals surface area contributed by atoms with E-state index in [9.17, 15) is 0 Å². The molecule has 0 aliphatic heterocycles. The van der Waals surface area contributed by atoms with Gasteiger partial charge in [0, 0.05) is 23.9 Å². The molecule has 0 bridgehead atoms. The van der Waals surface area contributed by atoms with E-state index in [1.165, 1.54) is 0 Å². The Morgan fingerprint density at radius 3 is 2.85 bits per heavy atom. The molecule has 0 radical (unpaired) electrons. The van der Waals surface area contributed by atoms with E-state index in [2.05, 4.69) is 12.2 Å². The molecule has 1 rings (SSSR count). The van der Waals surface area contributed by atoms with Crippen molar-refractivity contribution < 1.29 is 4.74 Å². The van der Waals surface area contributed by atoms with Gasteiger partial charge in [-0.05, 0) is 12.6 Å². The summed E-state index contributed by atoms with van der Waals surface area (Å²) in [6.07, 6.45) is 0. The van der Waals surface area contributed by atoms with Crippen molar-refractivity contribution in [3.63, 3.8) is 0 Å². The van der Waals surface area contributed by atoms with E-state index in [0.29, 0.717) is 0 Å². The third-order valence-electron chi connectivity index (χ3n) is 1.88. The van der Waals surface area contributed by atoms with Crippen LogP contribution in [0.4, 0.5) is 5.69 Å². The lowest BCUT2D eigenvalue weighted by molar-refractivity contribution is 0.408. The molecule has 3 nitrogen and oxygen atoms in total. The molecule has 1 aromatic carbocycles. The van der Waals surface area contributed by atoms with Crippen LogP contribution >= 0.6 is 0 Å². The van der Waals surface area contributed by atoms with Gasteiger partial charge >= 0.3 is 0 Å². The third-order valence-corrected chi connectivity index (χ3v) is 1.88. The van der Waals surface area contributed by atoms with Crippen molar-refractivity contribution in [2.24, 2.45) is 0 Å². The summed E-state index contributed by atoms with van der Waals surface area (Å²) in [6, 6.07) is 5.71. The maximum Gasteiger partial charge on any atom is 0.125 e. The second-order valence-electron chi connectivity index (χ2n) is 2.85. The first-order valence-electron chi connectivity index (χ1n) is 4.41. The Morgan fingerprint density at radius 1 is 1.46 bits per heavy atom. The zero-order valence-corrected chi connectivity index (χ0v) is 8.13. The molecule has 0 heterocycles. The van der Waals surface area contributed by atoms with Crippen LogP contribution in [0.5, 0.6) is 5.75 Å². The lowest BCUT2D eigenvalue weighted by Gasteiger charge is -2.09. The maximum absolute atomic E-state index is 5.63. The van der Waals surface area contributed by atoms with Crippen molar-refractivity contribution in [1.82, 2.24) is 5.32 Å². The second-order valence-corrected chi connectivity index (χ2v) is 2.85. The van der Waals surface area contributed by atoms with Gasteiger partial charge < -0.3 is 15.8 Å². The molecule has 0 spiro atoms. The summed E-state index contributed by atoms with van der Waals surface area (Å²) < 4.78 is 5.20. The fourth-order valence-electron chi connectivity index (χ4n) is 1.17. The lowest BCUT2D eigenvalue weighted by atomic mass is 10.2. The molecule has 0 saturated heterocycles. The van der Waals surface area contributed by atoms with Gasteiger partial charge in [0.05, 0.1) is 7.11 Å². The zero-order chi connectivity index (χ0) is 9.68. The van der Waals surface area contributed by atoms with Gasteiger partial charge in [0.1, 0.15) is 5.75 Å². The molecule has 13 heavy (non-hydrogen) atoms. The number of benzene rings is 1. The van der Waals surface area contributed by atoms with Crippen LogP contribution in [0.25, 0.3) is 0 Å².